The zero-order valence-corrected chi connectivity index (χ0v) is 17.2. The SMILES string of the molecule is CCNC(=NCc1ccccc1CN1CCC(C)CC1)NCc1ccccn1. The number of aromatic nitrogens is 1. The van der Waals surface area contributed by atoms with Gasteiger partial charge in [0.2, 0.25) is 0 Å². The standard InChI is InChI=1S/C23H33N5/c1-3-24-23(27-17-22-10-6-7-13-25-22)26-16-20-8-4-5-9-21(20)18-28-14-11-19(2)12-15-28/h4-10,13,19H,3,11-12,14-18H2,1-2H3,(H2,24,26,27). The van der Waals surface area contributed by atoms with E-state index in [2.05, 4.69) is 58.6 Å². The highest BCUT2D eigenvalue weighted by Crippen LogP contribution is 2.20. The number of hydrogen-bond donors (Lipinski definition) is 2. The first-order valence-electron chi connectivity index (χ1n) is 10.5. The summed E-state index contributed by atoms with van der Waals surface area (Å²) in [5.74, 6) is 1.69. The number of benzene rings is 1. The molecule has 3 rings (SSSR count). The van der Waals surface area contributed by atoms with Gasteiger partial charge in [-0.15, -0.1) is 0 Å². The van der Waals surface area contributed by atoms with Crippen LogP contribution in [0.3, 0.4) is 0 Å². The van der Waals surface area contributed by atoms with E-state index < -0.39 is 0 Å². The topological polar surface area (TPSA) is 52.6 Å². The number of pyridine rings is 1. The number of hydrogen-bond acceptors (Lipinski definition) is 3. The van der Waals surface area contributed by atoms with Crippen LogP contribution in [0, 0.1) is 5.92 Å². The van der Waals surface area contributed by atoms with Crippen LogP contribution in [0.5, 0.6) is 0 Å². The van der Waals surface area contributed by atoms with E-state index in [1.807, 2.05) is 24.4 Å². The summed E-state index contributed by atoms with van der Waals surface area (Å²) < 4.78 is 0. The Hall–Kier alpha value is -2.40. The second kappa shape index (κ2) is 10.8. The van der Waals surface area contributed by atoms with Gasteiger partial charge in [0.25, 0.3) is 0 Å². The highest BCUT2D eigenvalue weighted by molar-refractivity contribution is 5.79. The molecule has 0 bridgehead atoms. The summed E-state index contributed by atoms with van der Waals surface area (Å²) in [5, 5.41) is 6.71. The molecule has 0 radical (unpaired) electrons. The predicted molar refractivity (Wildman–Crippen MR) is 116 cm³/mol. The molecule has 1 aromatic heterocycles. The van der Waals surface area contributed by atoms with Crippen molar-refractivity contribution in [3.8, 4) is 0 Å². The van der Waals surface area contributed by atoms with Crippen molar-refractivity contribution in [3.63, 3.8) is 0 Å². The van der Waals surface area contributed by atoms with Crippen molar-refractivity contribution < 1.29 is 0 Å². The minimum atomic E-state index is 0.667. The number of piperidine rings is 1. The van der Waals surface area contributed by atoms with Gasteiger partial charge in [0.05, 0.1) is 18.8 Å². The molecule has 1 aliphatic heterocycles. The molecule has 1 fully saturated rings. The third kappa shape index (κ3) is 6.34. The fraction of sp³-hybridized carbons (Fsp3) is 0.478. The second-order valence-electron chi connectivity index (χ2n) is 7.60. The molecule has 5 nitrogen and oxygen atoms in total. The van der Waals surface area contributed by atoms with Crippen LogP contribution in [-0.2, 0) is 19.6 Å². The van der Waals surface area contributed by atoms with Crippen molar-refractivity contribution in [2.45, 2.75) is 46.3 Å². The van der Waals surface area contributed by atoms with Crippen LogP contribution in [0.15, 0.2) is 53.7 Å². The third-order valence-electron chi connectivity index (χ3n) is 5.30. The zero-order chi connectivity index (χ0) is 19.6. The fourth-order valence-corrected chi connectivity index (χ4v) is 3.51. The van der Waals surface area contributed by atoms with Gasteiger partial charge in [0.1, 0.15) is 0 Å². The van der Waals surface area contributed by atoms with Crippen molar-refractivity contribution in [1.29, 1.82) is 0 Å². The lowest BCUT2D eigenvalue weighted by Crippen LogP contribution is -2.37. The molecule has 0 atom stereocenters. The second-order valence-corrected chi connectivity index (χ2v) is 7.60. The van der Waals surface area contributed by atoms with Crippen LogP contribution in [-0.4, -0.2) is 35.5 Å². The summed E-state index contributed by atoms with van der Waals surface area (Å²) in [7, 11) is 0. The molecule has 5 heteroatoms. The maximum atomic E-state index is 4.81. The molecule has 2 heterocycles. The Morgan fingerprint density at radius 2 is 1.82 bits per heavy atom. The Bertz CT molecular complexity index is 736. The zero-order valence-electron chi connectivity index (χ0n) is 17.2. The van der Waals surface area contributed by atoms with Crippen LogP contribution < -0.4 is 10.6 Å². The molecule has 150 valence electrons. The average Bonchev–Trinajstić information content (AvgIpc) is 2.73. The van der Waals surface area contributed by atoms with E-state index in [0.717, 1.165) is 30.7 Å². The smallest absolute Gasteiger partial charge is 0.191 e. The van der Waals surface area contributed by atoms with Crippen LogP contribution in [0.2, 0.25) is 0 Å². The minimum absolute atomic E-state index is 0.667. The van der Waals surface area contributed by atoms with E-state index in [1.54, 1.807) is 0 Å². The van der Waals surface area contributed by atoms with Gasteiger partial charge in [-0.1, -0.05) is 37.3 Å². The average molecular weight is 380 g/mol. The molecule has 1 aromatic carbocycles. The summed E-state index contributed by atoms with van der Waals surface area (Å²) in [6, 6.07) is 14.7. The summed E-state index contributed by atoms with van der Waals surface area (Å²) >= 11 is 0. The lowest BCUT2D eigenvalue weighted by molar-refractivity contribution is 0.185. The fourth-order valence-electron chi connectivity index (χ4n) is 3.51. The molecule has 2 aromatic rings. The Morgan fingerprint density at radius 3 is 2.54 bits per heavy atom. The lowest BCUT2D eigenvalue weighted by Gasteiger charge is -2.30. The normalized spacial score (nSPS) is 16.1. The van der Waals surface area contributed by atoms with Gasteiger partial charge in [-0.3, -0.25) is 9.88 Å². The Balaban J connectivity index is 1.62. The number of aliphatic imine (C=N–C) groups is 1. The summed E-state index contributed by atoms with van der Waals surface area (Å²) in [6.45, 7) is 10.1. The van der Waals surface area contributed by atoms with Crippen LogP contribution in [0.4, 0.5) is 0 Å². The van der Waals surface area contributed by atoms with Gasteiger partial charge < -0.3 is 10.6 Å². The van der Waals surface area contributed by atoms with Gasteiger partial charge >= 0.3 is 0 Å². The molecule has 2 N–H and O–H groups in total. The Morgan fingerprint density at radius 1 is 1.07 bits per heavy atom. The summed E-state index contributed by atoms with van der Waals surface area (Å²) in [4.78, 5) is 11.8. The highest BCUT2D eigenvalue weighted by atomic mass is 15.2. The molecule has 0 aliphatic carbocycles. The highest BCUT2D eigenvalue weighted by Gasteiger charge is 2.16. The molecular weight excluding hydrogens is 346 g/mol. The first-order chi connectivity index (χ1) is 13.7. The van der Waals surface area contributed by atoms with Crippen molar-refractivity contribution in [2.75, 3.05) is 19.6 Å². The predicted octanol–water partition coefficient (Wildman–Crippen LogP) is 3.57. The van der Waals surface area contributed by atoms with Crippen LogP contribution >= 0.6 is 0 Å². The molecule has 0 spiro atoms. The Labute approximate surface area is 169 Å². The van der Waals surface area contributed by atoms with Gasteiger partial charge in [0.15, 0.2) is 5.96 Å². The molecule has 0 saturated carbocycles. The van der Waals surface area contributed by atoms with Crippen LogP contribution in [0.25, 0.3) is 0 Å². The minimum Gasteiger partial charge on any atom is -0.357 e. The molecular formula is C23H33N5. The number of likely N-dealkylation sites (tertiary alicyclic amines) is 1. The first-order valence-corrected chi connectivity index (χ1v) is 10.5. The summed E-state index contributed by atoms with van der Waals surface area (Å²) in [6.07, 6.45) is 4.43. The molecule has 1 saturated heterocycles. The van der Waals surface area contributed by atoms with E-state index in [-0.39, 0.29) is 0 Å². The van der Waals surface area contributed by atoms with Crippen molar-refractivity contribution >= 4 is 5.96 Å². The molecule has 28 heavy (non-hydrogen) atoms. The molecule has 0 unspecified atom stereocenters. The van der Waals surface area contributed by atoms with E-state index >= 15 is 0 Å². The monoisotopic (exact) mass is 379 g/mol. The first kappa shape index (κ1) is 20.3. The third-order valence-corrected chi connectivity index (χ3v) is 5.30. The number of nitrogens with zero attached hydrogens (tertiary/aromatic N) is 3. The van der Waals surface area contributed by atoms with Gasteiger partial charge in [-0.25, -0.2) is 4.99 Å². The van der Waals surface area contributed by atoms with E-state index in [1.165, 1.54) is 37.1 Å². The van der Waals surface area contributed by atoms with E-state index in [4.69, 9.17) is 4.99 Å². The molecule has 1 aliphatic rings. The van der Waals surface area contributed by atoms with E-state index in [9.17, 15) is 0 Å². The number of nitrogens with one attached hydrogen (secondary N) is 2. The molecule has 0 amide bonds. The Kier molecular flexibility index (Phi) is 7.85. The van der Waals surface area contributed by atoms with Crippen molar-refractivity contribution in [3.05, 3.63) is 65.5 Å². The van der Waals surface area contributed by atoms with Gasteiger partial charge in [0, 0.05) is 19.3 Å². The quantitative estimate of drug-likeness (QED) is 0.570. The van der Waals surface area contributed by atoms with Crippen molar-refractivity contribution in [1.82, 2.24) is 20.5 Å². The maximum absolute atomic E-state index is 4.81. The van der Waals surface area contributed by atoms with Crippen LogP contribution in [0.1, 0.15) is 43.5 Å². The van der Waals surface area contributed by atoms with E-state index in [0.29, 0.717) is 13.1 Å². The summed E-state index contributed by atoms with van der Waals surface area (Å²) in [5.41, 5.74) is 3.70. The van der Waals surface area contributed by atoms with Gasteiger partial charge in [-0.05, 0) is 62.0 Å². The number of rotatable bonds is 7. The largest absolute Gasteiger partial charge is 0.357 e. The van der Waals surface area contributed by atoms with Crippen molar-refractivity contribution in [2.24, 2.45) is 10.9 Å². The van der Waals surface area contributed by atoms with Gasteiger partial charge in [-0.2, -0.15) is 0 Å². The maximum Gasteiger partial charge on any atom is 0.191 e. The lowest BCUT2D eigenvalue weighted by atomic mass is 9.98. The number of guanidine groups is 1.